The molecule has 0 spiro atoms. The molecule has 0 bridgehead atoms. The Morgan fingerprint density at radius 3 is 2.70 bits per heavy atom. The van der Waals surface area contributed by atoms with Gasteiger partial charge in [0.05, 0.1) is 12.6 Å². The van der Waals surface area contributed by atoms with Gasteiger partial charge in [0.25, 0.3) is 0 Å². The fourth-order valence-corrected chi connectivity index (χ4v) is 3.51. The minimum absolute atomic E-state index is 0.853. The SMILES string of the molecule is COc1ccc(CSc2ncnc3c2[nH]c2ccccc23)cc1. The minimum Gasteiger partial charge on any atom is -0.497 e. The normalized spacial score (nSPS) is 11.2. The third kappa shape index (κ3) is 2.64. The Labute approximate surface area is 137 Å². The molecule has 0 amide bonds. The standard InChI is InChI=1S/C18H15N3OS/c1-22-13-8-6-12(7-9-13)10-23-18-17-16(19-11-20-18)14-4-2-3-5-15(14)21-17/h2-9,11,21H,10H2,1H3. The predicted molar refractivity (Wildman–Crippen MR) is 93.9 cm³/mol. The van der Waals surface area contributed by atoms with Crippen molar-refractivity contribution in [2.24, 2.45) is 0 Å². The zero-order chi connectivity index (χ0) is 15.6. The van der Waals surface area contributed by atoms with Gasteiger partial charge in [-0.25, -0.2) is 9.97 Å². The van der Waals surface area contributed by atoms with Crippen molar-refractivity contribution in [3.63, 3.8) is 0 Å². The van der Waals surface area contributed by atoms with Crippen molar-refractivity contribution < 1.29 is 4.74 Å². The van der Waals surface area contributed by atoms with E-state index in [1.165, 1.54) is 5.56 Å². The first-order valence-corrected chi connectivity index (χ1v) is 8.31. The lowest BCUT2D eigenvalue weighted by atomic mass is 10.2. The van der Waals surface area contributed by atoms with Gasteiger partial charge >= 0.3 is 0 Å². The maximum Gasteiger partial charge on any atom is 0.124 e. The summed E-state index contributed by atoms with van der Waals surface area (Å²) in [5.41, 5.74) is 4.31. The molecule has 5 heteroatoms. The van der Waals surface area contributed by atoms with Gasteiger partial charge in [0.1, 0.15) is 22.6 Å². The molecule has 0 unspecified atom stereocenters. The zero-order valence-corrected chi connectivity index (χ0v) is 13.4. The molecule has 2 aromatic carbocycles. The fourth-order valence-electron chi connectivity index (χ4n) is 2.60. The highest BCUT2D eigenvalue weighted by atomic mass is 32.2. The van der Waals surface area contributed by atoms with Gasteiger partial charge in [-0.1, -0.05) is 42.1 Å². The van der Waals surface area contributed by atoms with Gasteiger partial charge in [-0.05, 0) is 23.8 Å². The van der Waals surface area contributed by atoms with Gasteiger partial charge < -0.3 is 9.72 Å². The fraction of sp³-hybridized carbons (Fsp3) is 0.111. The third-order valence-electron chi connectivity index (χ3n) is 3.79. The second-order valence-electron chi connectivity index (χ2n) is 5.21. The molecule has 4 nitrogen and oxygen atoms in total. The number of H-pyrrole nitrogens is 1. The maximum absolute atomic E-state index is 5.19. The number of aromatic amines is 1. The highest BCUT2D eigenvalue weighted by Crippen LogP contribution is 2.31. The summed E-state index contributed by atoms with van der Waals surface area (Å²) in [6, 6.07) is 16.3. The van der Waals surface area contributed by atoms with Crippen LogP contribution in [0, 0.1) is 0 Å². The summed E-state index contributed by atoms with van der Waals surface area (Å²) in [5, 5.41) is 2.11. The molecule has 0 atom stereocenters. The van der Waals surface area contributed by atoms with Gasteiger partial charge in [-0.3, -0.25) is 0 Å². The lowest BCUT2D eigenvalue weighted by Gasteiger charge is -2.04. The number of rotatable bonds is 4. The topological polar surface area (TPSA) is 50.8 Å². The number of nitrogens with one attached hydrogen (secondary N) is 1. The molecular weight excluding hydrogens is 306 g/mol. The lowest BCUT2D eigenvalue weighted by molar-refractivity contribution is 0.414. The van der Waals surface area contributed by atoms with Gasteiger partial charge in [-0.15, -0.1) is 0 Å². The predicted octanol–water partition coefficient (Wildman–Crippen LogP) is 4.41. The molecule has 4 rings (SSSR count). The average Bonchev–Trinajstić information content (AvgIpc) is 3.00. The summed E-state index contributed by atoms with van der Waals surface area (Å²) in [6.45, 7) is 0. The first-order chi connectivity index (χ1) is 11.3. The summed E-state index contributed by atoms with van der Waals surface area (Å²) in [7, 11) is 1.68. The molecule has 2 aromatic heterocycles. The molecule has 0 aliphatic carbocycles. The minimum atomic E-state index is 0.853. The molecule has 0 saturated heterocycles. The van der Waals surface area contributed by atoms with Crippen molar-refractivity contribution in [3.05, 3.63) is 60.4 Å². The van der Waals surface area contributed by atoms with Gasteiger partial charge in [-0.2, -0.15) is 0 Å². The van der Waals surface area contributed by atoms with Crippen LogP contribution in [-0.4, -0.2) is 22.1 Å². The summed E-state index contributed by atoms with van der Waals surface area (Å²) in [5.74, 6) is 1.73. The quantitative estimate of drug-likeness (QED) is 0.447. The maximum atomic E-state index is 5.19. The second-order valence-corrected chi connectivity index (χ2v) is 6.17. The first-order valence-electron chi connectivity index (χ1n) is 7.32. The largest absolute Gasteiger partial charge is 0.497 e. The molecule has 0 radical (unpaired) electrons. The van der Waals surface area contributed by atoms with Crippen LogP contribution in [-0.2, 0) is 5.75 Å². The van der Waals surface area contributed by atoms with E-state index < -0.39 is 0 Å². The number of aromatic nitrogens is 3. The van der Waals surface area contributed by atoms with Crippen molar-refractivity contribution in [3.8, 4) is 5.75 Å². The number of nitrogens with zero attached hydrogens (tertiary/aromatic N) is 2. The summed E-state index contributed by atoms with van der Waals surface area (Å²) in [4.78, 5) is 12.3. The van der Waals surface area contributed by atoms with E-state index in [9.17, 15) is 0 Å². The van der Waals surface area contributed by atoms with E-state index in [4.69, 9.17) is 4.74 Å². The van der Waals surface area contributed by atoms with Crippen molar-refractivity contribution in [1.82, 2.24) is 15.0 Å². The van der Waals surface area contributed by atoms with Crippen LogP contribution >= 0.6 is 11.8 Å². The van der Waals surface area contributed by atoms with Crippen LogP contribution in [0.4, 0.5) is 0 Å². The van der Waals surface area contributed by atoms with Gasteiger partial charge in [0, 0.05) is 16.7 Å². The number of fused-ring (bicyclic) bond motifs is 3. The van der Waals surface area contributed by atoms with Crippen molar-refractivity contribution in [2.45, 2.75) is 10.8 Å². The van der Waals surface area contributed by atoms with E-state index in [2.05, 4.69) is 39.2 Å². The van der Waals surface area contributed by atoms with Crippen molar-refractivity contribution in [2.75, 3.05) is 7.11 Å². The van der Waals surface area contributed by atoms with E-state index >= 15 is 0 Å². The van der Waals surface area contributed by atoms with Gasteiger partial charge in [0.2, 0.25) is 0 Å². The molecule has 23 heavy (non-hydrogen) atoms. The Morgan fingerprint density at radius 1 is 1.04 bits per heavy atom. The molecule has 0 saturated carbocycles. The Hall–Kier alpha value is -2.53. The number of thioether (sulfide) groups is 1. The molecule has 0 fully saturated rings. The number of para-hydroxylation sites is 1. The lowest BCUT2D eigenvalue weighted by Crippen LogP contribution is -1.88. The van der Waals surface area contributed by atoms with E-state index in [0.29, 0.717) is 0 Å². The number of hydrogen-bond donors (Lipinski definition) is 1. The molecule has 4 aromatic rings. The molecule has 0 aliphatic rings. The van der Waals surface area contributed by atoms with Crippen LogP contribution in [0.2, 0.25) is 0 Å². The molecule has 2 heterocycles. The van der Waals surface area contributed by atoms with E-state index in [-0.39, 0.29) is 0 Å². The second kappa shape index (κ2) is 5.93. The number of methoxy groups -OCH3 is 1. The summed E-state index contributed by atoms with van der Waals surface area (Å²) in [6.07, 6.45) is 1.64. The Morgan fingerprint density at radius 2 is 1.87 bits per heavy atom. The molecule has 0 aliphatic heterocycles. The van der Waals surface area contributed by atoms with Crippen molar-refractivity contribution in [1.29, 1.82) is 0 Å². The average molecular weight is 321 g/mol. The highest BCUT2D eigenvalue weighted by molar-refractivity contribution is 7.98. The number of ether oxygens (including phenoxy) is 1. The molecule has 114 valence electrons. The van der Waals surface area contributed by atoms with Crippen LogP contribution in [0.3, 0.4) is 0 Å². The first kappa shape index (κ1) is 14.1. The van der Waals surface area contributed by atoms with Crippen LogP contribution < -0.4 is 4.74 Å². The van der Waals surface area contributed by atoms with Gasteiger partial charge in [0.15, 0.2) is 0 Å². The van der Waals surface area contributed by atoms with Crippen LogP contribution in [0.15, 0.2) is 59.9 Å². The van der Waals surface area contributed by atoms with E-state index in [0.717, 1.165) is 38.5 Å². The Balaban J connectivity index is 1.65. The Kier molecular flexibility index (Phi) is 3.63. The number of hydrogen-bond acceptors (Lipinski definition) is 4. The third-order valence-corrected chi connectivity index (χ3v) is 4.85. The zero-order valence-electron chi connectivity index (χ0n) is 12.6. The Bertz CT molecular complexity index is 963. The van der Waals surface area contributed by atoms with Crippen LogP contribution in [0.1, 0.15) is 5.56 Å². The monoisotopic (exact) mass is 321 g/mol. The summed E-state index contributed by atoms with van der Waals surface area (Å²) < 4.78 is 5.19. The van der Waals surface area contributed by atoms with Crippen LogP contribution in [0.25, 0.3) is 21.9 Å². The smallest absolute Gasteiger partial charge is 0.124 e. The van der Waals surface area contributed by atoms with E-state index in [1.807, 2.05) is 24.3 Å². The molecule has 1 N–H and O–H groups in total. The summed E-state index contributed by atoms with van der Waals surface area (Å²) >= 11 is 1.71. The highest BCUT2D eigenvalue weighted by Gasteiger charge is 2.10. The number of benzene rings is 2. The molecular formula is C18H15N3OS. The van der Waals surface area contributed by atoms with E-state index in [1.54, 1.807) is 25.2 Å². The van der Waals surface area contributed by atoms with Crippen molar-refractivity contribution >= 4 is 33.7 Å². The van der Waals surface area contributed by atoms with Crippen LogP contribution in [0.5, 0.6) is 5.75 Å².